The number of ether oxygens (including phenoxy) is 1. The van der Waals surface area contributed by atoms with Crippen molar-refractivity contribution in [1.29, 1.82) is 0 Å². The average Bonchev–Trinajstić information content (AvgIpc) is 3.45. The maximum absolute atomic E-state index is 15.5. The molecule has 2 unspecified atom stereocenters. The highest BCUT2D eigenvalue weighted by atomic mass is 19.1. The third-order valence-corrected chi connectivity index (χ3v) is 7.48. The van der Waals surface area contributed by atoms with Crippen molar-refractivity contribution < 1.29 is 13.9 Å². The molecule has 1 amide bonds. The molecule has 40 heavy (non-hydrogen) atoms. The number of benzene rings is 1. The Morgan fingerprint density at radius 3 is 2.80 bits per heavy atom. The Labute approximate surface area is 228 Å². The second-order valence-electron chi connectivity index (χ2n) is 9.86. The molecule has 11 nitrogen and oxygen atoms in total. The van der Waals surface area contributed by atoms with Gasteiger partial charge in [-0.15, -0.1) is 0 Å². The molecule has 3 aliphatic heterocycles. The van der Waals surface area contributed by atoms with Gasteiger partial charge in [0.25, 0.3) is 0 Å². The number of hydrogen-bond donors (Lipinski definition) is 1. The summed E-state index contributed by atoms with van der Waals surface area (Å²) in [7, 11) is 0. The lowest BCUT2D eigenvalue weighted by molar-refractivity contribution is -0.140. The Hall–Kier alpha value is -5.13. The average molecular weight is 538 g/mol. The highest BCUT2D eigenvalue weighted by molar-refractivity contribution is 5.89. The number of pyridine rings is 2. The van der Waals surface area contributed by atoms with Crippen LogP contribution in [0.2, 0.25) is 0 Å². The van der Waals surface area contributed by atoms with Gasteiger partial charge >= 0.3 is 0 Å². The quantitative estimate of drug-likeness (QED) is 0.321. The number of rotatable bonds is 6. The van der Waals surface area contributed by atoms with E-state index >= 15 is 4.39 Å². The summed E-state index contributed by atoms with van der Waals surface area (Å²) in [6.45, 7) is 6.64. The Morgan fingerprint density at radius 1 is 1.12 bits per heavy atom. The molecule has 3 aliphatic rings. The van der Waals surface area contributed by atoms with Gasteiger partial charge in [0, 0.05) is 30.9 Å². The number of halogens is 1. The summed E-state index contributed by atoms with van der Waals surface area (Å²) >= 11 is 0. The van der Waals surface area contributed by atoms with Gasteiger partial charge in [-0.3, -0.25) is 4.79 Å². The molecule has 8 rings (SSSR count). The number of amides is 1. The molecule has 2 bridgehead atoms. The number of fused-ring (bicyclic) bond motifs is 4. The Balaban J connectivity index is 1.14. The number of piperidine rings is 1. The minimum Gasteiger partial charge on any atom is -0.457 e. The normalized spacial score (nSPS) is 18.1. The molecule has 4 aromatic heterocycles. The Bertz CT molecular complexity index is 1790. The van der Waals surface area contributed by atoms with E-state index in [2.05, 4.69) is 36.8 Å². The largest absolute Gasteiger partial charge is 0.457 e. The first kappa shape index (κ1) is 23.9. The Kier molecular flexibility index (Phi) is 5.54. The fourth-order valence-electron chi connectivity index (χ4n) is 5.45. The fraction of sp³-hybridized carbons (Fsp3) is 0.214. The van der Waals surface area contributed by atoms with E-state index in [-0.39, 0.29) is 23.7 Å². The van der Waals surface area contributed by atoms with Crippen LogP contribution in [0.15, 0.2) is 67.9 Å². The highest BCUT2D eigenvalue weighted by Crippen LogP contribution is 2.36. The molecule has 200 valence electrons. The number of carbonyl (C=O) groups excluding carboxylic acids is 1. The van der Waals surface area contributed by atoms with E-state index in [1.54, 1.807) is 41.9 Å². The van der Waals surface area contributed by atoms with Crippen LogP contribution in [-0.4, -0.2) is 65.5 Å². The summed E-state index contributed by atoms with van der Waals surface area (Å²) in [5, 5.41) is 7.16. The predicted octanol–water partition coefficient (Wildman–Crippen LogP) is 4.03. The first-order chi connectivity index (χ1) is 19.5. The summed E-state index contributed by atoms with van der Waals surface area (Å²) < 4.78 is 23.1. The molecule has 3 saturated heterocycles. The second kappa shape index (κ2) is 9.26. The van der Waals surface area contributed by atoms with Crippen LogP contribution in [-0.2, 0) is 4.79 Å². The van der Waals surface area contributed by atoms with Crippen molar-refractivity contribution in [3.63, 3.8) is 0 Å². The van der Waals surface area contributed by atoms with Crippen molar-refractivity contribution in [1.82, 2.24) is 34.4 Å². The van der Waals surface area contributed by atoms with Crippen LogP contribution >= 0.6 is 0 Å². The number of carbonyl (C=O) groups is 1. The van der Waals surface area contributed by atoms with E-state index in [1.165, 1.54) is 18.7 Å². The van der Waals surface area contributed by atoms with Crippen LogP contribution in [0.4, 0.5) is 21.7 Å². The predicted molar refractivity (Wildman–Crippen MR) is 146 cm³/mol. The number of hydrogen-bond acceptors (Lipinski definition) is 9. The first-order valence-corrected chi connectivity index (χ1v) is 12.8. The summed E-state index contributed by atoms with van der Waals surface area (Å²) in [6, 6.07) is 10.8. The lowest BCUT2D eigenvalue weighted by Crippen LogP contribution is -2.70. The summed E-state index contributed by atoms with van der Waals surface area (Å²) in [5.74, 6) is 1.56. The van der Waals surface area contributed by atoms with Gasteiger partial charge in [0.15, 0.2) is 17.3 Å². The van der Waals surface area contributed by atoms with Gasteiger partial charge in [-0.25, -0.2) is 28.8 Å². The number of aromatic nitrogens is 6. The van der Waals surface area contributed by atoms with E-state index in [9.17, 15) is 4.79 Å². The van der Waals surface area contributed by atoms with Crippen molar-refractivity contribution in [2.45, 2.75) is 25.4 Å². The first-order valence-electron chi connectivity index (χ1n) is 12.8. The third-order valence-electron chi connectivity index (χ3n) is 7.48. The van der Waals surface area contributed by atoms with E-state index in [0.29, 0.717) is 52.7 Å². The topological polar surface area (TPSA) is 114 Å². The van der Waals surface area contributed by atoms with Gasteiger partial charge in [0.1, 0.15) is 35.5 Å². The zero-order valence-electron chi connectivity index (χ0n) is 21.5. The van der Waals surface area contributed by atoms with Crippen LogP contribution in [0.1, 0.15) is 12.0 Å². The highest BCUT2D eigenvalue weighted by Gasteiger charge is 2.46. The number of nitrogens with one attached hydrogen (secondary N) is 1. The van der Waals surface area contributed by atoms with Gasteiger partial charge in [-0.2, -0.15) is 5.10 Å². The maximum atomic E-state index is 15.5. The van der Waals surface area contributed by atoms with E-state index in [0.717, 1.165) is 12.2 Å². The maximum Gasteiger partial charge on any atom is 0.246 e. The van der Waals surface area contributed by atoms with Crippen molar-refractivity contribution in [3.05, 3.63) is 79.3 Å². The van der Waals surface area contributed by atoms with Crippen LogP contribution in [0.25, 0.3) is 16.7 Å². The molecule has 7 heterocycles. The zero-order chi connectivity index (χ0) is 27.4. The van der Waals surface area contributed by atoms with Crippen molar-refractivity contribution in [2.24, 2.45) is 0 Å². The lowest BCUT2D eigenvalue weighted by atomic mass is 9.87. The van der Waals surface area contributed by atoms with Crippen LogP contribution in [0.5, 0.6) is 11.5 Å². The molecular weight excluding hydrogens is 513 g/mol. The summed E-state index contributed by atoms with van der Waals surface area (Å²) in [5.41, 5.74) is 2.36. The number of piperazine rings is 1. The van der Waals surface area contributed by atoms with Gasteiger partial charge in [-0.05, 0) is 49.8 Å². The molecule has 5 aromatic rings. The van der Waals surface area contributed by atoms with E-state index in [1.807, 2.05) is 17.0 Å². The van der Waals surface area contributed by atoms with Gasteiger partial charge in [0.2, 0.25) is 5.91 Å². The Morgan fingerprint density at radius 2 is 1.98 bits per heavy atom. The molecule has 0 saturated carbocycles. The van der Waals surface area contributed by atoms with Gasteiger partial charge in [0.05, 0.1) is 23.3 Å². The molecular formula is C28H24FN9O2. The molecule has 0 spiro atoms. The van der Waals surface area contributed by atoms with E-state index < -0.39 is 5.82 Å². The third kappa shape index (κ3) is 3.96. The molecule has 1 N–H and O–H groups in total. The van der Waals surface area contributed by atoms with Gasteiger partial charge < -0.3 is 19.9 Å². The molecule has 12 heteroatoms. The van der Waals surface area contributed by atoms with Crippen LogP contribution in [0.3, 0.4) is 0 Å². The SMILES string of the molecule is C=CC(=O)N1C2CC1CN(c1ccc3ncnc(Nc4ccc(Oc5ccn6ncnc6c5)c(C)c4F)c3n1)C2. The van der Waals surface area contributed by atoms with Crippen molar-refractivity contribution in [2.75, 3.05) is 23.3 Å². The lowest BCUT2D eigenvalue weighted by Gasteiger charge is -2.56. The summed E-state index contributed by atoms with van der Waals surface area (Å²) in [6.07, 6.45) is 6.95. The molecule has 3 fully saturated rings. The molecule has 0 radical (unpaired) electrons. The van der Waals surface area contributed by atoms with E-state index in [4.69, 9.17) is 9.72 Å². The van der Waals surface area contributed by atoms with Crippen LogP contribution < -0.4 is 15.0 Å². The van der Waals surface area contributed by atoms with Crippen LogP contribution in [0, 0.1) is 12.7 Å². The minimum atomic E-state index is -0.466. The standard InChI is InChI=1S/C28H24FN9O2/c1-3-25(39)38-17-10-18(38)13-36(12-17)23-7-5-21-27(35-23)28(32-14-30-21)34-20-4-6-22(16(2)26(20)29)40-19-8-9-37-24(11-19)31-15-33-37/h3-9,11,14-15,17-18H,1,10,12-13H2,2H3,(H,30,32,34). The fourth-order valence-corrected chi connectivity index (χ4v) is 5.45. The molecule has 0 aliphatic carbocycles. The van der Waals surface area contributed by atoms with Gasteiger partial charge in [-0.1, -0.05) is 6.58 Å². The zero-order valence-corrected chi connectivity index (χ0v) is 21.5. The molecule has 1 aromatic carbocycles. The summed E-state index contributed by atoms with van der Waals surface area (Å²) in [4.78, 5) is 33.9. The second-order valence-corrected chi connectivity index (χ2v) is 9.86. The number of nitrogens with zero attached hydrogens (tertiary/aromatic N) is 8. The smallest absolute Gasteiger partial charge is 0.246 e. The monoisotopic (exact) mass is 537 g/mol. The minimum absolute atomic E-state index is 0.0302. The van der Waals surface area contributed by atoms with Crippen molar-refractivity contribution in [3.8, 4) is 11.5 Å². The molecule has 2 atom stereocenters. The number of anilines is 3. The van der Waals surface area contributed by atoms with Crippen molar-refractivity contribution >= 4 is 39.9 Å².